The number of rotatable bonds is 4. The summed E-state index contributed by atoms with van der Waals surface area (Å²) in [5.41, 5.74) is 8.30. The minimum absolute atomic E-state index is 0.110. The summed E-state index contributed by atoms with van der Waals surface area (Å²) >= 11 is 1.47. The Bertz CT molecular complexity index is 748. The number of aryl methyl sites for hydroxylation is 2. The molecule has 3 rings (SSSR count). The van der Waals surface area contributed by atoms with Crippen LogP contribution in [0.1, 0.15) is 63.8 Å². The predicted octanol–water partition coefficient (Wildman–Crippen LogP) is 4.91. The quantitative estimate of drug-likeness (QED) is 0.354. The summed E-state index contributed by atoms with van der Waals surface area (Å²) in [5, 5.41) is 0. The zero-order valence-corrected chi connectivity index (χ0v) is 16.2. The summed E-state index contributed by atoms with van der Waals surface area (Å²) in [6.45, 7) is 10.6. The van der Waals surface area contributed by atoms with Crippen LogP contribution in [0, 0.1) is 6.92 Å². The molecule has 3 nitrogen and oxygen atoms in total. The number of allylic oxidation sites excluding steroid dienone is 1. The number of hydrogen-bond donors (Lipinski definition) is 2. The zero-order chi connectivity index (χ0) is 18.4. The highest BCUT2D eigenvalue weighted by Crippen LogP contribution is 2.36. The number of thiophene rings is 1. The first-order valence-corrected chi connectivity index (χ1v) is 9.52. The molecule has 2 aromatic rings. The molecule has 0 saturated carbocycles. The van der Waals surface area contributed by atoms with Gasteiger partial charge < -0.3 is 0 Å². The number of ketones is 1. The van der Waals surface area contributed by atoms with E-state index in [0.29, 0.717) is 12.5 Å². The molecule has 1 heterocycles. The summed E-state index contributed by atoms with van der Waals surface area (Å²) in [6.07, 6.45) is 3.85. The van der Waals surface area contributed by atoms with Gasteiger partial charge in [0.2, 0.25) is 0 Å². The van der Waals surface area contributed by atoms with Crippen molar-refractivity contribution < 1.29 is 4.79 Å². The summed E-state index contributed by atoms with van der Waals surface area (Å²) in [6, 6.07) is 10.6. The van der Waals surface area contributed by atoms with E-state index in [4.69, 9.17) is 5.84 Å². The van der Waals surface area contributed by atoms with E-state index < -0.39 is 0 Å². The van der Waals surface area contributed by atoms with E-state index in [1.54, 1.807) is 12.5 Å². The third-order valence-electron chi connectivity index (χ3n) is 4.49. The van der Waals surface area contributed by atoms with Crippen LogP contribution in [-0.2, 0) is 13.0 Å². The first kappa shape index (κ1) is 19.6. The van der Waals surface area contributed by atoms with Gasteiger partial charge in [0, 0.05) is 17.3 Å². The van der Waals surface area contributed by atoms with Crippen molar-refractivity contribution in [3.8, 4) is 0 Å². The highest BCUT2D eigenvalue weighted by molar-refractivity contribution is 7.14. The van der Waals surface area contributed by atoms with E-state index in [1.165, 1.54) is 47.3 Å². The molecule has 4 heteroatoms. The molecule has 0 saturated heterocycles. The number of nitrogens with two attached hydrogens (primary N) is 1. The van der Waals surface area contributed by atoms with Crippen molar-refractivity contribution in [3.63, 3.8) is 0 Å². The van der Waals surface area contributed by atoms with Crippen LogP contribution in [0.5, 0.6) is 0 Å². The molecule has 0 radical (unpaired) electrons. The lowest BCUT2D eigenvalue weighted by Gasteiger charge is -2.26. The van der Waals surface area contributed by atoms with Gasteiger partial charge >= 0.3 is 0 Å². The third kappa shape index (κ3) is 5.36. The molecular weight excluding hydrogens is 328 g/mol. The van der Waals surface area contributed by atoms with Gasteiger partial charge in [0.05, 0.1) is 4.88 Å². The number of carbonyl (C=O) groups excluding carboxylic acids is 1. The van der Waals surface area contributed by atoms with Crippen LogP contribution in [0.25, 0.3) is 0 Å². The highest BCUT2D eigenvalue weighted by Gasteiger charge is 2.20. The molecule has 1 aliphatic rings. The summed E-state index contributed by atoms with van der Waals surface area (Å²) in [5.74, 6) is 5.84. The number of hydrazine groups is 1. The molecule has 0 spiro atoms. The van der Waals surface area contributed by atoms with Crippen LogP contribution in [0.2, 0.25) is 0 Å². The van der Waals surface area contributed by atoms with E-state index in [-0.39, 0.29) is 5.78 Å². The number of hydrogen-bond acceptors (Lipinski definition) is 4. The first-order chi connectivity index (χ1) is 11.9. The Balaban J connectivity index is 0.000000186. The van der Waals surface area contributed by atoms with Crippen LogP contribution >= 0.6 is 11.3 Å². The van der Waals surface area contributed by atoms with Gasteiger partial charge in [0.15, 0.2) is 5.78 Å². The molecule has 1 aliphatic carbocycles. The fourth-order valence-corrected chi connectivity index (χ4v) is 4.07. The molecule has 1 unspecified atom stereocenters. The molecule has 0 amide bonds. The van der Waals surface area contributed by atoms with E-state index in [2.05, 4.69) is 44.1 Å². The molecule has 0 bridgehead atoms. The van der Waals surface area contributed by atoms with Crippen molar-refractivity contribution in [1.82, 2.24) is 5.43 Å². The highest BCUT2D eigenvalue weighted by atomic mass is 32.1. The van der Waals surface area contributed by atoms with Gasteiger partial charge in [-0.25, -0.2) is 0 Å². The normalized spacial score (nSPS) is 15.8. The lowest BCUT2D eigenvalue weighted by Crippen LogP contribution is -2.19. The van der Waals surface area contributed by atoms with Gasteiger partial charge in [0.1, 0.15) is 0 Å². The molecule has 1 aromatic carbocycles. The summed E-state index contributed by atoms with van der Waals surface area (Å²) in [7, 11) is 0. The topological polar surface area (TPSA) is 55.1 Å². The Morgan fingerprint density at radius 1 is 1.32 bits per heavy atom. The second-order valence-corrected chi connectivity index (χ2v) is 7.86. The second-order valence-electron chi connectivity index (χ2n) is 6.70. The van der Waals surface area contributed by atoms with E-state index in [0.717, 1.165) is 9.75 Å². The van der Waals surface area contributed by atoms with Crippen molar-refractivity contribution >= 4 is 17.1 Å². The van der Waals surface area contributed by atoms with Gasteiger partial charge in [-0.3, -0.25) is 16.1 Å². The van der Waals surface area contributed by atoms with Crippen LogP contribution < -0.4 is 11.3 Å². The third-order valence-corrected chi connectivity index (χ3v) is 5.68. The van der Waals surface area contributed by atoms with Crippen LogP contribution in [0.15, 0.2) is 42.5 Å². The molecule has 25 heavy (non-hydrogen) atoms. The standard InChI is InChI=1S/C14H18.C7H10N2OS/c1-10(2)13-6-4-5-12-9-11(3)7-8-14(12)13;1-5(10)7-3-2-6(11-7)4-9-8/h7-9,13H,1,4-6H2,2-3H3;2-3,9H,4,8H2,1H3. The fourth-order valence-electron chi connectivity index (χ4n) is 3.22. The SMILES string of the molecule is C=C(C)C1CCCc2cc(C)ccc21.CC(=O)c1ccc(CNN)s1. The van der Waals surface area contributed by atoms with E-state index >= 15 is 0 Å². The van der Waals surface area contributed by atoms with Gasteiger partial charge in [-0.05, 0) is 63.3 Å². The largest absolute Gasteiger partial charge is 0.294 e. The number of fused-ring (bicyclic) bond motifs is 1. The Hall–Kier alpha value is -1.75. The molecular formula is C21H28N2OS. The number of Topliss-reactive ketones (excluding diaryl/α,β-unsaturated/α-hetero) is 1. The predicted molar refractivity (Wildman–Crippen MR) is 107 cm³/mol. The van der Waals surface area contributed by atoms with Crippen LogP contribution in [-0.4, -0.2) is 5.78 Å². The van der Waals surface area contributed by atoms with Crippen molar-refractivity contribution in [2.75, 3.05) is 0 Å². The molecule has 3 N–H and O–H groups in total. The number of carbonyl (C=O) groups is 1. The van der Waals surface area contributed by atoms with Gasteiger partial charge in [-0.1, -0.05) is 35.9 Å². The smallest absolute Gasteiger partial charge is 0.169 e. The monoisotopic (exact) mass is 356 g/mol. The molecule has 1 atom stereocenters. The molecule has 1 aromatic heterocycles. The molecule has 0 fully saturated rings. The Morgan fingerprint density at radius 2 is 2.08 bits per heavy atom. The molecule has 0 aliphatic heterocycles. The maximum absolute atomic E-state index is 10.8. The minimum Gasteiger partial charge on any atom is -0.294 e. The lowest BCUT2D eigenvalue weighted by molar-refractivity contribution is 0.102. The maximum atomic E-state index is 10.8. The summed E-state index contributed by atoms with van der Waals surface area (Å²) < 4.78 is 0. The van der Waals surface area contributed by atoms with Crippen molar-refractivity contribution in [1.29, 1.82) is 0 Å². The number of nitrogens with one attached hydrogen (secondary N) is 1. The van der Waals surface area contributed by atoms with E-state index in [1.807, 2.05) is 12.1 Å². The van der Waals surface area contributed by atoms with Crippen LogP contribution in [0.4, 0.5) is 0 Å². The Morgan fingerprint density at radius 3 is 2.68 bits per heavy atom. The second kappa shape index (κ2) is 9.09. The Kier molecular flexibility index (Phi) is 7.12. The van der Waals surface area contributed by atoms with Gasteiger partial charge in [-0.15, -0.1) is 11.3 Å². The lowest BCUT2D eigenvalue weighted by atomic mass is 9.79. The number of benzene rings is 1. The van der Waals surface area contributed by atoms with Gasteiger partial charge in [0.25, 0.3) is 0 Å². The van der Waals surface area contributed by atoms with Crippen molar-refractivity contribution in [2.45, 2.75) is 52.5 Å². The Labute approximate surface area is 154 Å². The minimum atomic E-state index is 0.110. The summed E-state index contributed by atoms with van der Waals surface area (Å²) in [4.78, 5) is 12.7. The first-order valence-electron chi connectivity index (χ1n) is 8.70. The average Bonchev–Trinajstić information content (AvgIpc) is 3.04. The van der Waals surface area contributed by atoms with Crippen molar-refractivity contribution in [3.05, 3.63) is 68.9 Å². The molecule has 134 valence electrons. The van der Waals surface area contributed by atoms with Crippen LogP contribution in [0.3, 0.4) is 0 Å². The van der Waals surface area contributed by atoms with Gasteiger partial charge in [-0.2, -0.15) is 0 Å². The average molecular weight is 357 g/mol. The zero-order valence-electron chi connectivity index (χ0n) is 15.4. The maximum Gasteiger partial charge on any atom is 0.169 e. The van der Waals surface area contributed by atoms with E-state index in [9.17, 15) is 4.79 Å². The fraction of sp³-hybridized carbons (Fsp3) is 0.381. The van der Waals surface area contributed by atoms with Crippen molar-refractivity contribution in [2.24, 2.45) is 5.84 Å².